The molecule has 1 heterocycles. The van der Waals surface area contributed by atoms with E-state index in [4.69, 9.17) is 11.6 Å². The number of rotatable bonds is 4. The lowest BCUT2D eigenvalue weighted by Crippen LogP contribution is -2.35. The fourth-order valence-corrected chi connectivity index (χ4v) is 4.74. The zero-order valence-corrected chi connectivity index (χ0v) is 16.1. The van der Waals surface area contributed by atoms with Crippen LogP contribution in [0.4, 0.5) is 5.69 Å². The minimum atomic E-state index is -3.62. The molecule has 0 saturated carbocycles. The van der Waals surface area contributed by atoms with Gasteiger partial charge in [0.25, 0.3) is 5.91 Å². The molecule has 1 aliphatic rings. The number of carbonyl (C=O) groups excluding carboxylic acids is 1. The van der Waals surface area contributed by atoms with Crippen molar-refractivity contribution >= 4 is 33.2 Å². The number of halogens is 1. The molecule has 2 aromatic rings. The molecule has 1 fully saturated rings. The van der Waals surface area contributed by atoms with Crippen LogP contribution in [0.25, 0.3) is 0 Å². The molecule has 1 N–H and O–H groups in total. The van der Waals surface area contributed by atoms with E-state index >= 15 is 0 Å². The number of benzene rings is 2. The van der Waals surface area contributed by atoms with Crippen molar-refractivity contribution < 1.29 is 13.2 Å². The molecule has 1 amide bonds. The van der Waals surface area contributed by atoms with E-state index in [1.54, 1.807) is 6.07 Å². The molecule has 0 spiro atoms. The largest absolute Gasteiger partial charge is 0.322 e. The van der Waals surface area contributed by atoms with E-state index in [0.29, 0.717) is 18.8 Å². The normalized spacial score (nSPS) is 15.6. The van der Waals surface area contributed by atoms with Crippen LogP contribution in [0.3, 0.4) is 0 Å². The molecule has 1 aliphatic heterocycles. The lowest BCUT2D eigenvalue weighted by atomic mass is 10.1. The van der Waals surface area contributed by atoms with Gasteiger partial charge in [0.15, 0.2) is 0 Å². The Balaban J connectivity index is 1.90. The summed E-state index contributed by atoms with van der Waals surface area (Å²) in [5, 5.41) is 3.01. The molecular weight excluding hydrogens is 372 g/mol. The van der Waals surface area contributed by atoms with E-state index in [0.717, 1.165) is 24.8 Å². The van der Waals surface area contributed by atoms with E-state index < -0.39 is 15.9 Å². The average molecular weight is 393 g/mol. The van der Waals surface area contributed by atoms with Crippen LogP contribution in [-0.4, -0.2) is 31.7 Å². The zero-order chi connectivity index (χ0) is 18.7. The summed E-state index contributed by atoms with van der Waals surface area (Å²) in [5.41, 5.74) is 1.72. The van der Waals surface area contributed by atoms with Gasteiger partial charge in [-0.3, -0.25) is 4.79 Å². The van der Waals surface area contributed by atoms with Crippen molar-refractivity contribution in [2.24, 2.45) is 0 Å². The van der Waals surface area contributed by atoms with Gasteiger partial charge in [0.2, 0.25) is 10.0 Å². The fourth-order valence-electron chi connectivity index (χ4n) is 3.00. The molecule has 2 aromatic carbocycles. The number of carbonyl (C=O) groups is 1. The van der Waals surface area contributed by atoms with Gasteiger partial charge in [-0.05, 0) is 49.6 Å². The van der Waals surface area contributed by atoms with Gasteiger partial charge in [-0.15, -0.1) is 0 Å². The van der Waals surface area contributed by atoms with E-state index in [-0.39, 0.29) is 15.5 Å². The van der Waals surface area contributed by atoms with Crippen LogP contribution in [0, 0.1) is 6.92 Å². The summed E-state index contributed by atoms with van der Waals surface area (Å²) in [6.45, 7) is 2.90. The van der Waals surface area contributed by atoms with Crippen LogP contribution in [0.2, 0.25) is 5.02 Å². The van der Waals surface area contributed by atoms with Gasteiger partial charge in [-0.25, -0.2) is 8.42 Å². The maximum absolute atomic E-state index is 12.8. The van der Waals surface area contributed by atoms with Crippen LogP contribution < -0.4 is 5.32 Å². The Hall–Kier alpha value is -1.89. The summed E-state index contributed by atoms with van der Waals surface area (Å²) < 4.78 is 27.1. The van der Waals surface area contributed by atoms with Gasteiger partial charge in [-0.2, -0.15) is 4.31 Å². The fraction of sp³-hybridized carbons (Fsp3) is 0.316. The first kappa shape index (κ1) is 18.9. The van der Waals surface area contributed by atoms with Crippen LogP contribution in [0.1, 0.15) is 35.2 Å². The van der Waals surface area contributed by atoms with E-state index in [9.17, 15) is 13.2 Å². The lowest BCUT2D eigenvalue weighted by molar-refractivity contribution is 0.102. The number of para-hydroxylation sites is 1. The van der Waals surface area contributed by atoms with Gasteiger partial charge in [0.1, 0.15) is 0 Å². The number of nitrogens with one attached hydrogen (secondary N) is 1. The van der Waals surface area contributed by atoms with Crippen molar-refractivity contribution in [3.63, 3.8) is 0 Å². The highest BCUT2D eigenvalue weighted by Crippen LogP contribution is 2.26. The van der Waals surface area contributed by atoms with Crippen LogP contribution in [0.15, 0.2) is 47.4 Å². The number of hydrogen-bond acceptors (Lipinski definition) is 3. The zero-order valence-electron chi connectivity index (χ0n) is 14.5. The van der Waals surface area contributed by atoms with E-state index in [2.05, 4.69) is 5.32 Å². The Morgan fingerprint density at radius 1 is 1.08 bits per heavy atom. The summed E-state index contributed by atoms with van der Waals surface area (Å²) in [5.74, 6) is -0.431. The monoisotopic (exact) mass is 392 g/mol. The summed E-state index contributed by atoms with van der Waals surface area (Å²) in [6.07, 6.45) is 2.75. The maximum atomic E-state index is 12.8. The van der Waals surface area contributed by atoms with Crippen molar-refractivity contribution in [2.45, 2.75) is 31.1 Å². The number of amides is 1. The molecule has 0 radical (unpaired) electrons. The number of sulfonamides is 1. The summed E-state index contributed by atoms with van der Waals surface area (Å²) in [7, 11) is -3.62. The topological polar surface area (TPSA) is 66.5 Å². The molecule has 0 bridgehead atoms. The SMILES string of the molecule is Cc1ccccc1NC(=O)c1cc(S(=O)(=O)N2CCCCC2)ccc1Cl. The summed E-state index contributed by atoms with van der Waals surface area (Å²) in [6, 6.07) is 11.6. The number of aryl methyl sites for hydroxylation is 1. The average Bonchev–Trinajstić information content (AvgIpc) is 2.64. The van der Waals surface area contributed by atoms with Crippen molar-refractivity contribution in [3.05, 3.63) is 58.6 Å². The molecule has 0 atom stereocenters. The molecular formula is C19H21ClN2O3S. The lowest BCUT2D eigenvalue weighted by Gasteiger charge is -2.26. The predicted molar refractivity (Wildman–Crippen MR) is 103 cm³/mol. The molecule has 7 heteroatoms. The van der Waals surface area contributed by atoms with Gasteiger partial charge < -0.3 is 5.32 Å². The second-order valence-electron chi connectivity index (χ2n) is 6.38. The van der Waals surface area contributed by atoms with Crippen LogP contribution in [0.5, 0.6) is 0 Å². The third-order valence-corrected chi connectivity index (χ3v) is 6.75. The van der Waals surface area contributed by atoms with Crippen LogP contribution >= 0.6 is 11.6 Å². The molecule has 138 valence electrons. The van der Waals surface area contributed by atoms with Crippen molar-refractivity contribution in [2.75, 3.05) is 18.4 Å². The van der Waals surface area contributed by atoms with E-state index in [1.165, 1.54) is 22.5 Å². The Bertz CT molecular complexity index is 922. The van der Waals surface area contributed by atoms with Gasteiger partial charge in [0, 0.05) is 18.8 Å². The van der Waals surface area contributed by atoms with Gasteiger partial charge in [0.05, 0.1) is 15.5 Å². The summed E-state index contributed by atoms with van der Waals surface area (Å²) >= 11 is 6.16. The number of anilines is 1. The smallest absolute Gasteiger partial charge is 0.257 e. The standard InChI is InChI=1S/C19H21ClN2O3S/c1-14-7-3-4-8-18(14)21-19(23)16-13-15(9-10-17(16)20)26(24,25)22-11-5-2-6-12-22/h3-4,7-10,13H,2,5-6,11-12H2,1H3,(H,21,23). The highest BCUT2D eigenvalue weighted by atomic mass is 35.5. The Kier molecular flexibility index (Phi) is 5.65. The molecule has 26 heavy (non-hydrogen) atoms. The highest BCUT2D eigenvalue weighted by Gasteiger charge is 2.27. The minimum absolute atomic E-state index is 0.0960. The first-order valence-electron chi connectivity index (χ1n) is 8.56. The van der Waals surface area contributed by atoms with Gasteiger partial charge >= 0.3 is 0 Å². The molecule has 5 nitrogen and oxygen atoms in total. The molecule has 3 rings (SSSR count). The number of hydrogen-bond donors (Lipinski definition) is 1. The minimum Gasteiger partial charge on any atom is -0.322 e. The Labute approximate surface area is 159 Å². The van der Waals surface area contributed by atoms with Crippen molar-refractivity contribution in [3.8, 4) is 0 Å². The van der Waals surface area contributed by atoms with Gasteiger partial charge in [-0.1, -0.05) is 36.2 Å². The third-order valence-electron chi connectivity index (χ3n) is 4.53. The second kappa shape index (κ2) is 7.78. The number of nitrogens with zero attached hydrogens (tertiary/aromatic N) is 1. The molecule has 0 aromatic heterocycles. The highest BCUT2D eigenvalue weighted by molar-refractivity contribution is 7.89. The third kappa shape index (κ3) is 3.92. The predicted octanol–water partition coefficient (Wildman–Crippen LogP) is 4.08. The van der Waals surface area contributed by atoms with Crippen LogP contribution in [-0.2, 0) is 10.0 Å². The number of piperidine rings is 1. The second-order valence-corrected chi connectivity index (χ2v) is 8.72. The van der Waals surface area contributed by atoms with Crippen molar-refractivity contribution in [1.82, 2.24) is 4.31 Å². The quantitative estimate of drug-likeness (QED) is 0.852. The van der Waals surface area contributed by atoms with Crippen molar-refractivity contribution in [1.29, 1.82) is 0 Å². The molecule has 1 saturated heterocycles. The molecule has 0 unspecified atom stereocenters. The first-order valence-corrected chi connectivity index (χ1v) is 10.4. The molecule has 0 aliphatic carbocycles. The Morgan fingerprint density at radius 3 is 2.46 bits per heavy atom. The summed E-state index contributed by atoms with van der Waals surface area (Å²) in [4.78, 5) is 12.7. The van der Waals surface area contributed by atoms with E-state index in [1.807, 2.05) is 25.1 Å². The first-order chi connectivity index (χ1) is 12.4. The Morgan fingerprint density at radius 2 is 1.77 bits per heavy atom. The maximum Gasteiger partial charge on any atom is 0.257 e.